The molecular weight excluding hydrogens is 262 g/mol. The number of carbonyl (C=O) groups is 1. The van der Waals surface area contributed by atoms with Crippen LogP contribution in [0.15, 0.2) is 21.6 Å². The van der Waals surface area contributed by atoms with Gasteiger partial charge in [0.25, 0.3) is 0 Å². The number of aryl methyl sites for hydroxylation is 1. The fourth-order valence-electron chi connectivity index (χ4n) is 2.26. The minimum absolute atomic E-state index is 0.260. The van der Waals surface area contributed by atoms with Crippen LogP contribution in [0.4, 0.5) is 0 Å². The lowest BCUT2D eigenvalue weighted by Crippen LogP contribution is -2.56. The molecule has 4 nitrogen and oxygen atoms in total. The Morgan fingerprint density at radius 1 is 1.63 bits per heavy atom. The first-order valence-corrected chi connectivity index (χ1v) is 7.74. The average Bonchev–Trinajstić information content (AvgIpc) is 3.14. The predicted molar refractivity (Wildman–Crippen MR) is 75.6 cm³/mol. The largest absolute Gasteiger partial charge is 0.480 e. The molecular formula is C14H21NO3S. The van der Waals surface area contributed by atoms with Gasteiger partial charge in [0.15, 0.2) is 0 Å². The summed E-state index contributed by atoms with van der Waals surface area (Å²) in [5.74, 6) is 0.942. The summed E-state index contributed by atoms with van der Waals surface area (Å²) in [6, 6.07) is 1.90. The number of furan rings is 1. The third-order valence-electron chi connectivity index (χ3n) is 3.61. The smallest absolute Gasteiger partial charge is 0.325 e. The Balaban J connectivity index is 2.08. The molecule has 1 heterocycles. The molecule has 0 amide bonds. The fourth-order valence-corrected chi connectivity index (χ4v) is 3.51. The van der Waals surface area contributed by atoms with Gasteiger partial charge in [-0.3, -0.25) is 4.79 Å². The van der Waals surface area contributed by atoms with Gasteiger partial charge in [-0.1, -0.05) is 6.92 Å². The van der Waals surface area contributed by atoms with Crippen LogP contribution in [0.25, 0.3) is 0 Å². The predicted octanol–water partition coefficient (Wildman–Crippen LogP) is 2.91. The van der Waals surface area contributed by atoms with Crippen molar-refractivity contribution in [3.8, 4) is 0 Å². The summed E-state index contributed by atoms with van der Waals surface area (Å²) < 4.78 is 5.26. The molecule has 1 fully saturated rings. The Hall–Kier alpha value is -0.940. The second-order valence-corrected chi connectivity index (χ2v) is 6.12. The van der Waals surface area contributed by atoms with E-state index in [-0.39, 0.29) is 5.92 Å². The zero-order valence-corrected chi connectivity index (χ0v) is 12.3. The SMILES string of the molecule is CCCNC(CSc1ccoc1C)(C(=O)O)C1CC1. The van der Waals surface area contributed by atoms with Crippen LogP contribution < -0.4 is 5.32 Å². The van der Waals surface area contributed by atoms with Gasteiger partial charge in [-0.2, -0.15) is 0 Å². The van der Waals surface area contributed by atoms with Crippen molar-refractivity contribution in [2.24, 2.45) is 5.92 Å². The fraction of sp³-hybridized carbons (Fsp3) is 0.643. The number of hydrogen-bond acceptors (Lipinski definition) is 4. The van der Waals surface area contributed by atoms with Gasteiger partial charge >= 0.3 is 5.97 Å². The summed E-state index contributed by atoms with van der Waals surface area (Å²) in [4.78, 5) is 12.8. The monoisotopic (exact) mass is 283 g/mol. The maximum Gasteiger partial charge on any atom is 0.325 e. The minimum Gasteiger partial charge on any atom is -0.480 e. The van der Waals surface area contributed by atoms with E-state index in [9.17, 15) is 9.90 Å². The molecule has 0 spiro atoms. The number of thioether (sulfide) groups is 1. The summed E-state index contributed by atoms with van der Waals surface area (Å²) in [6.45, 7) is 4.70. The van der Waals surface area contributed by atoms with Gasteiger partial charge in [-0.05, 0) is 44.7 Å². The second kappa shape index (κ2) is 6.01. The number of rotatable bonds is 8. The lowest BCUT2D eigenvalue weighted by Gasteiger charge is -2.30. The zero-order chi connectivity index (χ0) is 13.9. The topological polar surface area (TPSA) is 62.5 Å². The first-order chi connectivity index (χ1) is 9.10. The first kappa shape index (κ1) is 14.5. The number of hydrogen-bond donors (Lipinski definition) is 2. The van der Waals surface area contributed by atoms with Crippen molar-refractivity contribution >= 4 is 17.7 Å². The molecule has 1 atom stereocenters. The first-order valence-electron chi connectivity index (χ1n) is 6.75. The van der Waals surface area contributed by atoms with Crippen molar-refractivity contribution in [3.05, 3.63) is 18.1 Å². The van der Waals surface area contributed by atoms with Crippen LogP contribution in [0.1, 0.15) is 31.9 Å². The van der Waals surface area contributed by atoms with Gasteiger partial charge in [0.2, 0.25) is 0 Å². The minimum atomic E-state index is -0.787. The zero-order valence-electron chi connectivity index (χ0n) is 11.4. The number of aliphatic carboxylic acids is 1. The van der Waals surface area contributed by atoms with Crippen LogP contribution in [-0.2, 0) is 4.79 Å². The van der Waals surface area contributed by atoms with E-state index in [1.165, 1.54) is 0 Å². The third-order valence-corrected chi connectivity index (χ3v) is 4.95. The molecule has 0 bridgehead atoms. The lowest BCUT2D eigenvalue weighted by atomic mass is 9.95. The van der Waals surface area contributed by atoms with Crippen molar-refractivity contribution in [1.29, 1.82) is 0 Å². The highest BCUT2D eigenvalue weighted by Crippen LogP contribution is 2.43. The quantitative estimate of drug-likeness (QED) is 0.718. The summed E-state index contributed by atoms with van der Waals surface area (Å²) >= 11 is 1.57. The molecule has 106 valence electrons. The Labute approximate surface area is 117 Å². The Morgan fingerprint density at radius 3 is 2.84 bits per heavy atom. The maximum atomic E-state index is 11.8. The molecule has 1 aromatic rings. The summed E-state index contributed by atoms with van der Waals surface area (Å²) in [6.07, 6.45) is 4.61. The number of carboxylic acids is 1. The van der Waals surface area contributed by atoms with Gasteiger partial charge in [0.05, 0.1) is 6.26 Å². The van der Waals surface area contributed by atoms with E-state index in [2.05, 4.69) is 12.2 Å². The van der Waals surface area contributed by atoms with Crippen LogP contribution >= 0.6 is 11.8 Å². The van der Waals surface area contributed by atoms with E-state index < -0.39 is 11.5 Å². The van der Waals surface area contributed by atoms with E-state index in [0.717, 1.165) is 36.5 Å². The summed E-state index contributed by atoms with van der Waals surface area (Å²) in [7, 11) is 0. The molecule has 0 aliphatic heterocycles. The highest BCUT2D eigenvalue weighted by atomic mass is 32.2. The van der Waals surface area contributed by atoms with Crippen molar-refractivity contribution in [2.45, 2.75) is 43.5 Å². The standard InChI is InChI=1S/C14H21NO3S/c1-3-7-15-14(13(16)17,11-4-5-11)9-19-12-6-8-18-10(12)2/h6,8,11,15H,3-5,7,9H2,1-2H3,(H,16,17). The van der Waals surface area contributed by atoms with Gasteiger partial charge in [0.1, 0.15) is 11.3 Å². The summed E-state index contributed by atoms with van der Waals surface area (Å²) in [5, 5.41) is 12.9. The average molecular weight is 283 g/mol. The van der Waals surface area contributed by atoms with Gasteiger partial charge in [-0.25, -0.2) is 0 Å². The molecule has 19 heavy (non-hydrogen) atoms. The molecule has 1 saturated carbocycles. The molecule has 1 unspecified atom stereocenters. The molecule has 0 saturated heterocycles. The third kappa shape index (κ3) is 3.15. The van der Waals surface area contributed by atoms with Crippen molar-refractivity contribution < 1.29 is 14.3 Å². The van der Waals surface area contributed by atoms with E-state index in [1.807, 2.05) is 13.0 Å². The van der Waals surface area contributed by atoms with E-state index >= 15 is 0 Å². The maximum absolute atomic E-state index is 11.8. The molecule has 0 aromatic carbocycles. The van der Waals surface area contributed by atoms with Crippen LogP contribution in [0, 0.1) is 12.8 Å². The van der Waals surface area contributed by atoms with E-state index in [4.69, 9.17) is 4.42 Å². The Morgan fingerprint density at radius 2 is 2.37 bits per heavy atom. The van der Waals surface area contributed by atoms with E-state index in [0.29, 0.717) is 5.75 Å². The highest BCUT2D eigenvalue weighted by molar-refractivity contribution is 7.99. The van der Waals surface area contributed by atoms with Crippen molar-refractivity contribution in [1.82, 2.24) is 5.32 Å². The number of nitrogens with one attached hydrogen (secondary N) is 1. The van der Waals surface area contributed by atoms with E-state index in [1.54, 1.807) is 18.0 Å². The highest BCUT2D eigenvalue weighted by Gasteiger charge is 2.50. The molecule has 2 N–H and O–H groups in total. The Bertz CT molecular complexity index is 442. The molecule has 0 radical (unpaired) electrons. The Kier molecular flexibility index (Phi) is 4.58. The molecule has 1 aromatic heterocycles. The van der Waals surface area contributed by atoms with Crippen LogP contribution in [0.3, 0.4) is 0 Å². The molecule has 5 heteroatoms. The molecule has 2 rings (SSSR count). The van der Waals surface area contributed by atoms with Gasteiger partial charge < -0.3 is 14.8 Å². The van der Waals surface area contributed by atoms with Gasteiger partial charge in [-0.15, -0.1) is 11.8 Å². The van der Waals surface area contributed by atoms with Gasteiger partial charge in [0, 0.05) is 10.6 Å². The van der Waals surface area contributed by atoms with Crippen LogP contribution in [0.5, 0.6) is 0 Å². The normalized spacial score (nSPS) is 18.2. The van der Waals surface area contributed by atoms with Crippen LogP contribution in [0.2, 0.25) is 0 Å². The second-order valence-electron chi connectivity index (χ2n) is 5.11. The number of carboxylic acid groups (broad SMARTS) is 1. The van der Waals surface area contributed by atoms with Crippen LogP contribution in [-0.4, -0.2) is 28.9 Å². The lowest BCUT2D eigenvalue weighted by molar-refractivity contribution is -0.144. The van der Waals surface area contributed by atoms with Crippen molar-refractivity contribution in [2.75, 3.05) is 12.3 Å². The van der Waals surface area contributed by atoms with Crippen molar-refractivity contribution in [3.63, 3.8) is 0 Å². The molecule has 1 aliphatic rings. The molecule has 1 aliphatic carbocycles. The summed E-state index contributed by atoms with van der Waals surface area (Å²) in [5.41, 5.74) is -0.787.